The van der Waals surface area contributed by atoms with Crippen molar-refractivity contribution in [2.45, 2.75) is 25.3 Å². The molecule has 0 saturated carbocycles. The van der Waals surface area contributed by atoms with Crippen LogP contribution in [0.4, 0.5) is 4.39 Å². The molecule has 1 aliphatic rings. The smallest absolute Gasteiger partial charge is 0.308 e. The van der Waals surface area contributed by atoms with E-state index in [1.54, 1.807) is 23.1 Å². The fourth-order valence-corrected chi connectivity index (χ4v) is 4.13. The molecule has 0 bridgehead atoms. The van der Waals surface area contributed by atoms with Gasteiger partial charge in [0.2, 0.25) is 5.91 Å². The van der Waals surface area contributed by atoms with E-state index >= 15 is 0 Å². The van der Waals surface area contributed by atoms with Gasteiger partial charge in [0.25, 0.3) is 0 Å². The van der Waals surface area contributed by atoms with Gasteiger partial charge in [0.1, 0.15) is 5.82 Å². The molecule has 6 heteroatoms. The van der Waals surface area contributed by atoms with E-state index in [4.69, 9.17) is 0 Å². The second-order valence-electron chi connectivity index (χ2n) is 5.87. The number of hydrogen-bond donors (Lipinski definition) is 1. The molecule has 0 unspecified atom stereocenters. The number of thiophene rings is 1. The van der Waals surface area contributed by atoms with Crippen molar-refractivity contribution in [3.63, 3.8) is 0 Å². The molecular formula is C18H18FNO3S. The monoisotopic (exact) mass is 347 g/mol. The Hall–Kier alpha value is -2.21. The Bertz CT molecular complexity index is 732. The Kier molecular flexibility index (Phi) is 4.94. The second kappa shape index (κ2) is 7.13. The predicted octanol–water partition coefficient (Wildman–Crippen LogP) is 3.49. The van der Waals surface area contributed by atoms with Crippen LogP contribution >= 0.6 is 11.3 Å². The molecule has 1 aliphatic heterocycles. The highest BCUT2D eigenvalue weighted by Gasteiger charge is 2.41. The predicted molar refractivity (Wildman–Crippen MR) is 89.2 cm³/mol. The lowest BCUT2D eigenvalue weighted by Gasteiger charge is -2.39. The van der Waals surface area contributed by atoms with Crippen molar-refractivity contribution in [3.8, 4) is 0 Å². The molecule has 1 amide bonds. The van der Waals surface area contributed by atoms with Crippen molar-refractivity contribution in [2.75, 3.05) is 6.54 Å². The van der Waals surface area contributed by atoms with E-state index in [9.17, 15) is 19.1 Å². The summed E-state index contributed by atoms with van der Waals surface area (Å²) in [6, 6.07) is 9.71. The Morgan fingerprint density at radius 1 is 1.29 bits per heavy atom. The van der Waals surface area contributed by atoms with Crippen molar-refractivity contribution < 1.29 is 19.1 Å². The van der Waals surface area contributed by atoms with E-state index in [1.807, 2.05) is 17.5 Å². The van der Waals surface area contributed by atoms with Gasteiger partial charge in [-0.05, 0) is 35.9 Å². The first-order valence-corrected chi connectivity index (χ1v) is 8.75. The van der Waals surface area contributed by atoms with Gasteiger partial charge in [-0.25, -0.2) is 4.39 Å². The molecular weight excluding hydrogens is 329 g/mol. The minimum absolute atomic E-state index is 0.0674. The zero-order chi connectivity index (χ0) is 17.1. The number of benzene rings is 1. The molecule has 2 atom stereocenters. The largest absolute Gasteiger partial charge is 0.481 e. The summed E-state index contributed by atoms with van der Waals surface area (Å²) in [5.74, 6) is -1.88. The summed E-state index contributed by atoms with van der Waals surface area (Å²) in [6.07, 6.45) is 0.926. The first-order valence-electron chi connectivity index (χ1n) is 7.87. The number of carboxylic acids is 1. The minimum Gasteiger partial charge on any atom is -0.481 e. The molecule has 126 valence electrons. The van der Waals surface area contributed by atoms with Crippen molar-refractivity contribution in [1.82, 2.24) is 4.90 Å². The van der Waals surface area contributed by atoms with Gasteiger partial charge in [0.15, 0.2) is 0 Å². The number of amides is 1. The quantitative estimate of drug-likeness (QED) is 0.901. The van der Waals surface area contributed by atoms with Gasteiger partial charge < -0.3 is 10.0 Å². The molecule has 1 saturated heterocycles. The maximum Gasteiger partial charge on any atom is 0.308 e. The van der Waals surface area contributed by atoms with Crippen molar-refractivity contribution in [1.29, 1.82) is 0 Å². The van der Waals surface area contributed by atoms with Gasteiger partial charge in [0, 0.05) is 17.8 Å². The standard InChI is InChI=1S/C18H18FNO3S/c19-14-5-2-1-4-12(14)9-10-20-16(21)8-7-13(18(22)23)17(20)15-6-3-11-24-15/h1-6,11,13,17H,7-10H2,(H,22,23)/t13-,17-/m1/s1. The van der Waals surface area contributed by atoms with E-state index in [0.29, 0.717) is 24.9 Å². The van der Waals surface area contributed by atoms with Crippen molar-refractivity contribution >= 4 is 23.2 Å². The zero-order valence-electron chi connectivity index (χ0n) is 13.0. The number of rotatable bonds is 5. The topological polar surface area (TPSA) is 57.6 Å². The van der Waals surface area contributed by atoms with Crippen molar-refractivity contribution in [2.24, 2.45) is 5.92 Å². The Morgan fingerprint density at radius 3 is 2.75 bits per heavy atom. The van der Waals surface area contributed by atoms with Crippen LogP contribution in [0.2, 0.25) is 0 Å². The molecule has 0 spiro atoms. The van der Waals surface area contributed by atoms with Crippen LogP contribution in [0, 0.1) is 11.7 Å². The number of aliphatic carboxylic acids is 1. The molecule has 1 aromatic heterocycles. The number of carbonyl (C=O) groups is 2. The molecule has 24 heavy (non-hydrogen) atoms. The average Bonchev–Trinajstić information content (AvgIpc) is 3.08. The minimum atomic E-state index is -0.892. The van der Waals surface area contributed by atoms with E-state index in [1.165, 1.54) is 17.4 Å². The Morgan fingerprint density at radius 2 is 2.08 bits per heavy atom. The number of piperidine rings is 1. The third kappa shape index (κ3) is 3.33. The second-order valence-corrected chi connectivity index (χ2v) is 6.85. The van der Waals surface area contributed by atoms with Crippen molar-refractivity contribution in [3.05, 3.63) is 58.0 Å². The highest BCUT2D eigenvalue weighted by molar-refractivity contribution is 7.10. The molecule has 2 aromatic rings. The molecule has 0 aliphatic carbocycles. The molecule has 1 aromatic carbocycles. The van der Waals surface area contributed by atoms with Crippen LogP contribution in [0.25, 0.3) is 0 Å². The highest BCUT2D eigenvalue weighted by Crippen LogP contribution is 2.39. The lowest BCUT2D eigenvalue weighted by atomic mass is 9.87. The summed E-state index contributed by atoms with van der Waals surface area (Å²) in [4.78, 5) is 26.5. The third-order valence-corrected chi connectivity index (χ3v) is 5.38. The summed E-state index contributed by atoms with van der Waals surface area (Å²) in [5.41, 5.74) is 0.535. The number of nitrogens with zero attached hydrogens (tertiary/aromatic N) is 1. The first-order chi connectivity index (χ1) is 11.6. The zero-order valence-corrected chi connectivity index (χ0v) is 13.8. The SMILES string of the molecule is O=C(O)[C@@H]1CCC(=O)N(CCc2ccccc2F)[C@H]1c1cccs1. The van der Waals surface area contributed by atoms with E-state index < -0.39 is 17.9 Å². The first kappa shape index (κ1) is 16.6. The Balaban J connectivity index is 1.85. The normalized spacial score (nSPS) is 21.0. The summed E-state index contributed by atoms with van der Waals surface area (Å²) in [5, 5.41) is 11.4. The summed E-state index contributed by atoms with van der Waals surface area (Å²) in [7, 11) is 0. The molecule has 1 fully saturated rings. The maximum atomic E-state index is 13.8. The van der Waals surface area contributed by atoms with Crippen LogP contribution < -0.4 is 0 Å². The van der Waals surface area contributed by atoms with Crippen LogP contribution in [0.1, 0.15) is 29.3 Å². The van der Waals surface area contributed by atoms with Gasteiger partial charge in [-0.1, -0.05) is 24.3 Å². The van der Waals surface area contributed by atoms with Gasteiger partial charge in [-0.2, -0.15) is 0 Å². The fourth-order valence-electron chi connectivity index (χ4n) is 3.23. The van der Waals surface area contributed by atoms with E-state index in [2.05, 4.69) is 0 Å². The van der Waals surface area contributed by atoms with Crippen LogP contribution in [-0.2, 0) is 16.0 Å². The fraction of sp³-hybridized carbons (Fsp3) is 0.333. The van der Waals surface area contributed by atoms with E-state index in [-0.39, 0.29) is 18.1 Å². The van der Waals surface area contributed by atoms with Crippen LogP contribution in [-0.4, -0.2) is 28.4 Å². The number of likely N-dealkylation sites (tertiary alicyclic amines) is 1. The van der Waals surface area contributed by atoms with E-state index in [0.717, 1.165) is 4.88 Å². The van der Waals surface area contributed by atoms with Gasteiger partial charge in [-0.3, -0.25) is 9.59 Å². The van der Waals surface area contributed by atoms with Crippen LogP contribution in [0.5, 0.6) is 0 Å². The average molecular weight is 347 g/mol. The van der Waals surface area contributed by atoms with Gasteiger partial charge in [-0.15, -0.1) is 11.3 Å². The van der Waals surface area contributed by atoms with Crippen LogP contribution in [0.15, 0.2) is 41.8 Å². The van der Waals surface area contributed by atoms with Crippen LogP contribution in [0.3, 0.4) is 0 Å². The molecule has 0 radical (unpaired) electrons. The number of carboxylic acid groups (broad SMARTS) is 1. The summed E-state index contributed by atoms with van der Waals surface area (Å²) in [6.45, 7) is 0.312. The molecule has 4 nitrogen and oxygen atoms in total. The maximum absolute atomic E-state index is 13.8. The summed E-state index contributed by atoms with van der Waals surface area (Å²) < 4.78 is 13.8. The molecule has 1 N–H and O–H groups in total. The van der Waals surface area contributed by atoms with Gasteiger partial charge in [0.05, 0.1) is 12.0 Å². The lowest BCUT2D eigenvalue weighted by Crippen LogP contribution is -2.45. The lowest BCUT2D eigenvalue weighted by molar-refractivity contribution is -0.151. The summed E-state index contributed by atoms with van der Waals surface area (Å²) >= 11 is 1.45. The highest BCUT2D eigenvalue weighted by atomic mass is 32.1. The Labute approximate surface area is 143 Å². The number of hydrogen-bond acceptors (Lipinski definition) is 3. The number of carbonyl (C=O) groups excluding carboxylic acids is 1. The molecule has 2 heterocycles. The molecule has 3 rings (SSSR count). The third-order valence-electron chi connectivity index (χ3n) is 4.44. The van der Waals surface area contributed by atoms with Gasteiger partial charge >= 0.3 is 5.97 Å². The number of halogens is 1.